The van der Waals surface area contributed by atoms with Crippen molar-refractivity contribution in [3.05, 3.63) is 30.3 Å². The van der Waals surface area contributed by atoms with Crippen molar-refractivity contribution in [2.45, 2.75) is 19.8 Å². The van der Waals surface area contributed by atoms with E-state index in [-0.39, 0.29) is 18.3 Å². The van der Waals surface area contributed by atoms with Crippen LogP contribution in [0.4, 0.5) is 5.69 Å². The van der Waals surface area contributed by atoms with Crippen molar-refractivity contribution < 1.29 is 4.79 Å². The highest BCUT2D eigenvalue weighted by molar-refractivity contribution is 5.94. The first-order chi connectivity index (χ1) is 10.2. The maximum absolute atomic E-state index is 12.5. The van der Waals surface area contributed by atoms with E-state index in [0.717, 1.165) is 37.8 Å². The van der Waals surface area contributed by atoms with Crippen molar-refractivity contribution in [1.29, 1.82) is 0 Å². The molecule has 0 saturated carbocycles. The number of hydrogen-bond acceptors (Lipinski definition) is 3. The number of nitrogens with one attached hydrogen (secondary N) is 1. The summed E-state index contributed by atoms with van der Waals surface area (Å²) in [7, 11) is 2.01. The average Bonchev–Trinajstić information content (AvgIpc) is 2.51. The van der Waals surface area contributed by atoms with Gasteiger partial charge in [0.25, 0.3) is 0 Å². The number of hydrogen-bond donors (Lipinski definition) is 1. The molecule has 0 aromatic heterocycles. The SMILES string of the molecule is CCN(C(=O)CN1CCC(CNC)CC1)c1ccccc1.Cl. The minimum Gasteiger partial charge on any atom is -0.319 e. The standard InChI is InChI=1S/C17H27N3O.ClH/c1-3-20(16-7-5-4-6-8-16)17(21)14-19-11-9-15(10-12-19)13-18-2;/h4-8,15,18H,3,9-14H2,1-2H3;1H. The Balaban J connectivity index is 0.00000242. The smallest absolute Gasteiger partial charge is 0.241 e. The molecule has 1 aliphatic rings. The summed E-state index contributed by atoms with van der Waals surface area (Å²) in [4.78, 5) is 16.7. The summed E-state index contributed by atoms with van der Waals surface area (Å²) in [6.45, 7) is 6.44. The first-order valence-corrected chi connectivity index (χ1v) is 7.97. The van der Waals surface area contributed by atoms with Crippen molar-refractivity contribution in [1.82, 2.24) is 10.2 Å². The minimum atomic E-state index is 0. The van der Waals surface area contributed by atoms with Gasteiger partial charge in [-0.25, -0.2) is 0 Å². The lowest BCUT2D eigenvalue weighted by Crippen LogP contribution is -2.44. The second-order valence-electron chi connectivity index (χ2n) is 5.75. The highest BCUT2D eigenvalue weighted by atomic mass is 35.5. The third-order valence-corrected chi connectivity index (χ3v) is 4.24. The summed E-state index contributed by atoms with van der Waals surface area (Å²) >= 11 is 0. The van der Waals surface area contributed by atoms with E-state index < -0.39 is 0 Å². The van der Waals surface area contributed by atoms with Gasteiger partial charge >= 0.3 is 0 Å². The lowest BCUT2D eigenvalue weighted by molar-refractivity contribution is -0.120. The Bertz CT molecular complexity index is 433. The number of likely N-dealkylation sites (N-methyl/N-ethyl adjacent to an activating group) is 1. The van der Waals surface area contributed by atoms with Gasteiger partial charge in [-0.05, 0) is 64.5 Å². The van der Waals surface area contributed by atoms with Crippen molar-refractivity contribution in [3.63, 3.8) is 0 Å². The minimum absolute atomic E-state index is 0. The molecule has 0 atom stereocenters. The van der Waals surface area contributed by atoms with Crippen LogP contribution in [-0.4, -0.2) is 50.6 Å². The van der Waals surface area contributed by atoms with E-state index in [4.69, 9.17) is 0 Å². The quantitative estimate of drug-likeness (QED) is 0.872. The monoisotopic (exact) mass is 325 g/mol. The second-order valence-corrected chi connectivity index (χ2v) is 5.75. The van der Waals surface area contributed by atoms with Crippen LogP contribution in [-0.2, 0) is 4.79 Å². The molecular weight excluding hydrogens is 298 g/mol. The van der Waals surface area contributed by atoms with Crippen LogP contribution in [0, 0.1) is 5.92 Å². The molecule has 0 bridgehead atoms. The normalized spacial score (nSPS) is 16.1. The van der Waals surface area contributed by atoms with Gasteiger partial charge in [-0.2, -0.15) is 0 Å². The van der Waals surface area contributed by atoms with E-state index in [1.807, 2.05) is 49.2 Å². The molecule has 5 heteroatoms. The summed E-state index contributed by atoms with van der Waals surface area (Å²) in [6, 6.07) is 9.94. The van der Waals surface area contributed by atoms with Gasteiger partial charge in [0, 0.05) is 12.2 Å². The zero-order valence-electron chi connectivity index (χ0n) is 13.6. The zero-order chi connectivity index (χ0) is 15.1. The summed E-state index contributed by atoms with van der Waals surface area (Å²) < 4.78 is 0. The Hall–Kier alpha value is -1.10. The molecule has 0 unspecified atom stereocenters. The van der Waals surface area contributed by atoms with Gasteiger partial charge in [0.05, 0.1) is 6.54 Å². The molecule has 124 valence electrons. The van der Waals surface area contributed by atoms with Gasteiger partial charge in [0.2, 0.25) is 5.91 Å². The van der Waals surface area contributed by atoms with Crippen LogP contribution >= 0.6 is 12.4 Å². The number of halogens is 1. The number of carbonyl (C=O) groups is 1. The van der Waals surface area contributed by atoms with Gasteiger partial charge in [-0.3, -0.25) is 9.69 Å². The molecule has 0 spiro atoms. The fourth-order valence-electron chi connectivity index (χ4n) is 3.02. The number of amides is 1. The van der Waals surface area contributed by atoms with Gasteiger partial charge in [0.1, 0.15) is 0 Å². The molecule has 1 amide bonds. The highest BCUT2D eigenvalue weighted by Crippen LogP contribution is 2.18. The average molecular weight is 326 g/mol. The molecule has 1 aromatic carbocycles. The first kappa shape index (κ1) is 18.9. The van der Waals surface area contributed by atoms with Gasteiger partial charge in [0.15, 0.2) is 0 Å². The van der Waals surface area contributed by atoms with Crippen LogP contribution in [0.2, 0.25) is 0 Å². The molecule has 0 aliphatic carbocycles. The van der Waals surface area contributed by atoms with E-state index in [1.165, 1.54) is 12.8 Å². The van der Waals surface area contributed by atoms with Crippen molar-refractivity contribution in [3.8, 4) is 0 Å². The van der Waals surface area contributed by atoms with E-state index in [2.05, 4.69) is 10.2 Å². The molecule has 4 nitrogen and oxygen atoms in total. The number of carbonyl (C=O) groups excluding carboxylic acids is 1. The maximum Gasteiger partial charge on any atom is 0.241 e. The second kappa shape index (κ2) is 9.82. The maximum atomic E-state index is 12.5. The predicted molar refractivity (Wildman–Crippen MR) is 94.8 cm³/mol. The molecule has 22 heavy (non-hydrogen) atoms. The number of piperidine rings is 1. The molecule has 1 heterocycles. The molecule has 1 fully saturated rings. The molecule has 1 N–H and O–H groups in total. The number of nitrogens with zero attached hydrogens (tertiary/aromatic N) is 2. The van der Waals surface area contributed by atoms with Crippen LogP contribution in [0.25, 0.3) is 0 Å². The molecule has 1 aromatic rings. The van der Waals surface area contributed by atoms with Crippen LogP contribution in [0.15, 0.2) is 30.3 Å². The summed E-state index contributed by atoms with van der Waals surface area (Å²) in [5, 5.41) is 3.25. The van der Waals surface area contributed by atoms with Gasteiger partial charge < -0.3 is 10.2 Å². The largest absolute Gasteiger partial charge is 0.319 e. The van der Waals surface area contributed by atoms with Crippen LogP contribution in [0.5, 0.6) is 0 Å². The zero-order valence-corrected chi connectivity index (χ0v) is 14.4. The molecular formula is C17H28ClN3O. The third-order valence-electron chi connectivity index (χ3n) is 4.24. The van der Waals surface area contributed by atoms with Crippen molar-refractivity contribution in [2.75, 3.05) is 44.7 Å². The molecule has 1 aliphatic heterocycles. The predicted octanol–water partition coefficient (Wildman–Crippen LogP) is 2.39. The van der Waals surface area contributed by atoms with E-state index in [1.54, 1.807) is 0 Å². The van der Waals surface area contributed by atoms with Gasteiger partial charge in [-0.1, -0.05) is 18.2 Å². The summed E-state index contributed by atoms with van der Waals surface area (Å²) in [6.07, 6.45) is 2.37. The van der Waals surface area contributed by atoms with E-state index in [9.17, 15) is 4.79 Å². The number of anilines is 1. The van der Waals surface area contributed by atoms with E-state index in [0.29, 0.717) is 6.54 Å². The summed E-state index contributed by atoms with van der Waals surface area (Å²) in [5.74, 6) is 0.966. The lowest BCUT2D eigenvalue weighted by atomic mass is 9.97. The van der Waals surface area contributed by atoms with Gasteiger partial charge in [-0.15, -0.1) is 12.4 Å². The Morgan fingerprint density at radius 1 is 1.27 bits per heavy atom. The van der Waals surface area contributed by atoms with Crippen molar-refractivity contribution >= 4 is 24.0 Å². The molecule has 1 saturated heterocycles. The fraction of sp³-hybridized carbons (Fsp3) is 0.588. The van der Waals surface area contributed by atoms with Crippen LogP contribution in [0.3, 0.4) is 0 Å². The summed E-state index contributed by atoms with van der Waals surface area (Å²) in [5.41, 5.74) is 0.995. The Kier molecular flexibility index (Phi) is 8.46. The Morgan fingerprint density at radius 2 is 1.91 bits per heavy atom. The van der Waals surface area contributed by atoms with E-state index >= 15 is 0 Å². The van der Waals surface area contributed by atoms with Crippen molar-refractivity contribution in [2.24, 2.45) is 5.92 Å². The fourth-order valence-corrected chi connectivity index (χ4v) is 3.02. The van der Waals surface area contributed by atoms with Crippen LogP contribution in [0.1, 0.15) is 19.8 Å². The Labute approximate surface area is 140 Å². The Morgan fingerprint density at radius 3 is 2.45 bits per heavy atom. The number of likely N-dealkylation sites (tertiary alicyclic amines) is 1. The van der Waals surface area contributed by atoms with Crippen LogP contribution < -0.4 is 10.2 Å². The lowest BCUT2D eigenvalue weighted by Gasteiger charge is -2.33. The third kappa shape index (κ3) is 5.27. The molecule has 2 rings (SSSR count). The highest BCUT2D eigenvalue weighted by Gasteiger charge is 2.22. The topological polar surface area (TPSA) is 35.6 Å². The number of para-hydroxylation sites is 1. The first-order valence-electron chi connectivity index (χ1n) is 7.97. The number of rotatable bonds is 6. The number of benzene rings is 1. The molecule has 0 radical (unpaired) electrons.